The summed E-state index contributed by atoms with van der Waals surface area (Å²) in [7, 11) is 0. The Kier molecular flexibility index (Phi) is 5.94. The van der Waals surface area contributed by atoms with Gasteiger partial charge in [-0.1, -0.05) is 17.7 Å². The van der Waals surface area contributed by atoms with Crippen molar-refractivity contribution >= 4 is 33.4 Å². The maximum absolute atomic E-state index is 12.3. The molecule has 28 heavy (non-hydrogen) atoms. The molecule has 3 rings (SSSR count). The number of aryl methyl sites for hydroxylation is 3. The number of hydrogen-bond donors (Lipinski definition) is 2. The molecule has 0 saturated carbocycles. The van der Waals surface area contributed by atoms with Crippen molar-refractivity contribution in [3.05, 3.63) is 75.5 Å². The topological polar surface area (TPSA) is 76.0 Å². The van der Waals surface area contributed by atoms with E-state index in [9.17, 15) is 9.59 Å². The van der Waals surface area contributed by atoms with Gasteiger partial charge in [-0.3, -0.25) is 9.59 Å². The number of aromatic nitrogens is 2. The third-order valence-electron chi connectivity index (χ3n) is 4.30. The first-order valence-electron chi connectivity index (χ1n) is 8.80. The fraction of sp³-hybridized carbons (Fsp3) is 0.190. The molecule has 7 heteroatoms. The van der Waals surface area contributed by atoms with Crippen LogP contribution in [0.1, 0.15) is 27.0 Å². The van der Waals surface area contributed by atoms with Gasteiger partial charge >= 0.3 is 0 Å². The minimum atomic E-state index is -0.305. The lowest BCUT2D eigenvalue weighted by atomic mass is 10.1. The first-order valence-corrected chi connectivity index (χ1v) is 9.59. The molecule has 0 saturated heterocycles. The quantitative estimate of drug-likeness (QED) is 0.630. The predicted octanol–water partition coefficient (Wildman–Crippen LogP) is 3.93. The number of carbonyl (C=O) groups is 2. The number of rotatable bonds is 5. The molecule has 2 N–H and O–H groups in total. The minimum absolute atomic E-state index is 0.0978. The van der Waals surface area contributed by atoms with E-state index < -0.39 is 0 Å². The van der Waals surface area contributed by atoms with E-state index in [2.05, 4.69) is 31.7 Å². The maximum Gasteiger partial charge on any atom is 0.251 e. The molecule has 0 spiro atoms. The van der Waals surface area contributed by atoms with E-state index in [0.29, 0.717) is 5.56 Å². The highest BCUT2D eigenvalue weighted by Crippen LogP contribution is 2.21. The van der Waals surface area contributed by atoms with Crippen molar-refractivity contribution in [2.24, 2.45) is 0 Å². The highest BCUT2D eigenvalue weighted by Gasteiger charge is 2.11. The lowest BCUT2D eigenvalue weighted by molar-refractivity contribution is -0.115. The molecular weight excluding hydrogens is 420 g/mol. The number of carbonyl (C=O) groups excluding carboxylic acids is 2. The van der Waals surface area contributed by atoms with Gasteiger partial charge in [0.05, 0.1) is 22.9 Å². The Morgan fingerprint density at radius 2 is 1.71 bits per heavy atom. The molecule has 2 aromatic carbocycles. The van der Waals surface area contributed by atoms with Crippen LogP contribution in [0, 0.1) is 20.8 Å². The van der Waals surface area contributed by atoms with E-state index in [0.717, 1.165) is 32.5 Å². The summed E-state index contributed by atoms with van der Waals surface area (Å²) in [5.74, 6) is -0.567. The lowest BCUT2D eigenvalue weighted by Crippen LogP contribution is -2.33. The van der Waals surface area contributed by atoms with E-state index >= 15 is 0 Å². The molecule has 1 aromatic heterocycles. The molecular formula is C21H21BrN4O2. The molecule has 0 unspecified atom stereocenters. The van der Waals surface area contributed by atoms with Gasteiger partial charge in [-0.2, -0.15) is 5.10 Å². The Labute approximate surface area is 172 Å². The minimum Gasteiger partial charge on any atom is -0.343 e. The van der Waals surface area contributed by atoms with Crippen LogP contribution in [0.2, 0.25) is 0 Å². The van der Waals surface area contributed by atoms with Gasteiger partial charge < -0.3 is 10.6 Å². The first kappa shape index (κ1) is 19.8. The van der Waals surface area contributed by atoms with Crippen molar-refractivity contribution < 1.29 is 9.59 Å². The van der Waals surface area contributed by atoms with Crippen molar-refractivity contribution in [2.75, 3.05) is 11.9 Å². The number of halogens is 1. The van der Waals surface area contributed by atoms with Crippen molar-refractivity contribution in [1.29, 1.82) is 0 Å². The Balaban J connectivity index is 1.58. The number of nitrogens with one attached hydrogen (secondary N) is 2. The lowest BCUT2D eigenvalue weighted by Gasteiger charge is -2.13. The average molecular weight is 441 g/mol. The molecule has 0 radical (unpaired) electrons. The van der Waals surface area contributed by atoms with Crippen LogP contribution < -0.4 is 10.6 Å². The summed E-state index contributed by atoms with van der Waals surface area (Å²) in [4.78, 5) is 24.5. The van der Waals surface area contributed by atoms with Gasteiger partial charge in [0.2, 0.25) is 5.91 Å². The maximum atomic E-state index is 12.3. The van der Waals surface area contributed by atoms with Crippen LogP contribution in [0.5, 0.6) is 0 Å². The Hall–Kier alpha value is -2.93. The molecule has 0 aliphatic rings. The molecule has 0 aliphatic heterocycles. The molecule has 0 atom stereocenters. The van der Waals surface area contributed by atoms with Gasteiger partial charge in [0.15, 0.2) is 0 Å². The second-order valence-electron chi connectivity index (χ2n) is 6.65. The van der Waals surface area contributed by atoms with E-state index in [-0.39, 0.29) is 18.4 Å². The van der Waals surface area contributed by atoms with Crippen molar-refractivity contribution in [2.45, 2.75) is 20.8 Å². The highest BCUT2D eigenvalue weighted by molar-refractivity contribution is 9.10. The van der Waals surface area contributed by atoms with Crippen LogP contribution in [-0.2, 0) is 4.79 Å². The van der Waals surface area contributed by atoms with E-state index in [4.69, 9.17) is 0 Å². The summed E-state index contributed by atoms with van der Waals surface area (Å²) in [6, 6.07) is 11.0. The third kappa shape index (κ3) is 4.67. The Bertz CT molecular complexity index is 1000. The zero-order valence-corrected chi connectivity index (χ0v) is 17.5. The standard InChI is InChI=1S/C21H21BrN4O2/c1-13-8-14(2)20(15(3)9-13)25-19(27)11-23-21(28)16-4-6-18(7-5-16)26-12-17(22)10-24-26/h4-10,12H,11H2,1-3H3,(H,23,28)(H,25,27). The molecule has 0 aliphatic carbocycles. The molecule has 3 aromatic rings. The smallest absolute Gasteiger partial charge is 0.251 e. The van der Waals surface area contributed by atoms with Crippen molar-refractivity contribution in [3.63, 3.8) is 0 Å². The van der Waals surface area contributed by atoms with E-state index in [1.54, 1.807) is 35.1 Å². The Morgan fingerprint density at radius 3 is 2.29 bits per heavy atom. The molecule has 2 amide bonds. The van der Waals surface area contributed by atoms with Gasteiger partial charge in [-0.25, -0.2) is 4.68 Å². The number of anilines is 1. The monoisotopic (exact) mass is 440 g/mol. The summed E-state index contributed by atoms with van der Waals surface area (Å²) in [5, 5.41) is 9.72. The number of amides is 2. The second-order valence-corrected chi connectivity index (χ2v) is 7.57. The fourth-order valence-electron chi connectivity index (χ4n) is 3.03. The summed E-state index contributed by atoms with van der Waals surface area (Å²) < 4.78 is 2.57. The van der Waals surface area contributed by atoms with Crippen molar-refractivity contribution in [3.8, 4) is 5.69 Å². The van der Waals surface area contributed by atoms with Crippen LogP contribution in [0.4, 0.5) is 5.69 Å². The van der Waals surface area contributed by atoms with Gasteiger partial charge in [0, 0.05) is 17.4 Å². The normalized spacial score (nSPS) is 10.6. The van der Waals surface area contributed by atoms with Crippen molar-refractivity contribution in [1.82, 2.24) is 15.1 Å². The zero-order valence-electron chi connectivity index (χ0n) is 15.9. The fourth-order valence-corrected chi connectivity index (χ4v) is 3.32. The van der Waals surface area contributed by atoms with Gasteiger partial charge in [-0.05, 0) is 72.1 Å². The zero-order chi connectivity index (χ0) is 20.3. The summed E-state index contributed by atoms with van der Waals surface area (Å²) in [6.07, 6.45) is 3.52. The van der Waals surface area contributed by atoms with Gasteiger partial charge in [0.25, 0.3) is 5.91 Å². The predicted molar refractivity (Wildman–Crippen MR) is 113 cm³/mol. The Morgan fingerprint density at radius 1 is 1.07 bits per heavy atom. The molecule has 1 heterocycles. The molecule has 0 bridgehead atoms. The molecule has 6 nitrogen and oxygen atoms in total. The number of benzene rings is 2. The summed E-state index contributed by atoms with van der Waals surface area (Å²) >= 11 is 3.35. The van der Waals surface area contributed by atoms with Crippen LogP contribution in [0.25, 0.3) is 5.69 Å². The van der Waals surface area contributed by atoms with E-state index in [1.807, 2.05) is 39.1 Å². The average Bonchev–Trinajstić information content (AvgIpc) is 3.09. The third-order valence-corrected chi connectivity index (χ3v) is 4.71. The first-order chi connectivity index (χ1) is 13.3. The van der Waals surface area contributed by atoms with Gasteiger partial charge in [-0.15, -0.1) is 0 Å². The molecule has 0 fully saturated rings. The van der Waals surface area contributed by atoms with Crippen LogP contribution in [0.3, 0.4) is 0 Å². The number of nitrogens with zero attached hydrogens (tertiary/aromatic N) is 2. The summed E-state index contributed by atoms with van der Waals surface area (Å²) in [6.45, 7) is 5.82. The molecule has 144 valence electrons. The SMILES string of the molecule is Cc1cc(C)c(NC(=O)CNC(=O)c2ccc(-n3cc(Br)cn3)cc2)c(C)c1. The largest absolute Gasteiger partial charge is 0.343 e. The number of hydrogen-bond acceptors (Lipinski definition) is 3. The van der Waals surface area contributed by atoms with Crippen LogP contribution in [0.15, 0.2) is 53.3 Å². The highest BCUT2D eigenvalue weighted by atomic mass is 79.9. The second kappa shape index (κ2) is 8.39. The van der Waals surface area contributed by atoms with E-state index in [1.165, 1.54) is 0 Å². The van der Waals surface area contributed by atoms with Gasteiger partial charge in [0.1, 0.15) is 0 Å². The summed E-state index contributed by atoms with van der Waals surface area (Å²) in [5.41, 5.74) is 5.25. The van der Waals surface area contributed by atoms with Crippen LogP contribution >= 0.6 is 15.9 Å². The van der Waals surface area contributed by atoms with Crippen LogP contribution in [-0.4, -0.2) is 28.1 Å².